The van der Waals surface area contributed by atoms with Gasteiger partial charge in [0.1, 0.15) is 17.5 Å². The van der Waals surface area contributed by atoms with Gasteiger partial charge in [0.05, 0.1) is 19.9 Å². The summed E-state index contributed by atoms with van der Waals surface area (Å²) in [5.74, 6) is 0.953. The molecule has 2 amide bonds. The van der Waals surface area contributed by atoms with Crippen LogP contribution in [-0.4, -0.2) is 50.1 Å². The van der Waals surface area contributed by atoms with Crippen molar-refractivity contribution >= 4 is 17.5 Å². The molecule has 1 atom stereocenters. The lowest BCUT2D eigenvalue weighted by atomic mass is 10.1. The largest absolute Gasteiger partial charge is 0.497 e. The van der Waals surface area contributed by atoms with E-state index in [1.807, 2.05) is 18.2 Å². The number of carbonyl (C=O) groups excluding carboxylic acids is 2. The minimum atomic E-state index is -0.563. The van der Waals surface area contributed by atoms with Gasteiger partial charge in [0.25, 0.3) is 5.91 Å². The standard InChI is InChI=1S/C20H22N2O4/c1-14-19(23)22(17-13-16(25-2)9-10-18(17)26-3)12-11-21(14)20(24)15-7-5-4-6-8-15/h4-10,13-14H,11-12H2,1-3H3. The fraction of sp³-hybridized carbons (Fsp3) is 0.300. The fourth-order valence-electron chi connectivity index (χ4n) is 3.14. The summed E-state index contributed by atoms with van der Waals surface area (Å²) in [5.41, 5.74) is 1.23. The van der Waals surface area contributed by atoms with Crippen LogP contribution in [0.5, 0.6) is 11.5 Å². The number of carbonyl (C=O) groups is 2. The highest BCUT2D eigenvalue weighted by Crippen LogP contribution is 2.34. The Morgan fingerprint density at radius 1 is 1.04 bits per heavy atom. The number of rotatable bonds is 4. The van der Waals surface area contributed by atoms with Gasteiger partial charge in [-0.15, -0.1) is 0 Å². The summed E-state index contributed by atoms with van der Waals surface area (Å²) in [5, 5.41) is 0. The van der Waals surface area contributed by atoms with E-state index in [1.54, 1.807) is 61.3 Å². The van der Waals surface area contributed by atoms with E-state index in [0.29, 0.717) is 35.8 Å². The van der Waals surface area contributed by atoms with Gasteiger partial charge in [0, 0.05) is 24.7 Å². The van der Waals surface area contributed by atoms with Crippen LogP contribution < -0.4 is 14.4 Å². The number of hydrogen-bond acceptors (Lipinski definition) is 4. The van der Waals surface area contributed by atoms with E-state index < -0.39 is 6.04 Å². The second-order valence-electron chi connectivity index (χ2n) is 6.07. The van der Waals surface area contributed by atoms with E-state index >= 15 is 0 Å². The maximum absolute atomic E-state index is 13.0. The quantitative estimate of drug-likeness (QED) is 0.847. The Balaban J connectivity index is 1.86. The van der Waals surface area contributed by atoms with E-state index in [0.717, 1.165) is 0 Å². The normalized spacial score (nSPS) is 17.2. The van der Waals surface area contributed by atoms with E-state index in [1.165, 1.54) is 0 Å². The van der Waals surface area contributed by atoms with E-state index in [-0.39, 0.29) is 11.8 Å². The first-order valence-corrected chi connectivity index (χ1v) is 8.46. The van der Waals surface area contributed by atoms with Gasteiger partial charge in [-0.05, 0) is 31.2 Å². The lowest BCUT2D eigenvalue weighted by Crippen LogP contribution is -2.57. The molecule has 0 saturated carbocycles. The van der Waals surface area contributed by atoms with Crippen LogP contribution in [0.4, 0.5) is 5.69 Å². The van der Waals surface area contributed by atoms with E-state index in [4.69, 9.17) is 9.47 Å². The Hall–Kier alpha value is -3.02. The molecule has 1 heterocycles. The van der Waals surface area contributed by atoms with Crippen molar-refractivity contribution in [3.63, 3.8) is 0 Å². The second kappa shape index (κ2) is 7.47. The zero-order valence-corrected chi connectivity index (χ0v) is 15.1. The highest BCUT2D eigenvalue weighted by atomic mass is 16.5. The number of piperazine rings is 1. The first-order chi connectivity index (χ1) is 12.6. The van der Waals surface area contributed by atoms with Crippen molar-refractivity contribution in [3.05, 3.63) is 54.1 Å². The molecule has 1 unspecified atom stereocenters. The molecule has 136 valence electrons. The summed E-state index contributed by atoms with van der Waals surface area (Å²) in [6.07, 6.45) is 0. The van der Waals surface area contributed by atoms with Crippen molar-refractivity contribution in [2.45, 2.75) is 13.0 Å². The Bertz CT molecular complexity index is 807. The van der Waals surface area contributed by atoms with Crippen LogP contribution in [0.3, 0.4) is 0 Å². The van der Waals surface area contributed by atoms with E-state index in [9.17, 15) is 9.59 Å². The van der Waals surface area contributed by atoms with Gasteiger partial charge in [0.15, 0.2) is 0 Å². The Labute approximate surface area is 152 Å². The predicted octanol–water partition coefficient (Wildman–Crippen LogP) is 2.58. The lowest BCUT2D eigenvalue weighted by molar-refractivity contribution is -0.124. The molecular weight excluding hydrogens is 332 g/mol. The minimum absolute atomic E-state index is 0.135. The van der Waals surface area contributed by atoms with Crippen molar-refractivity contribution in [1.82, 2.24) is 4.90 Å². The number of hydrogen-bond donors (Lipinski definition) is 0. The number of anilines is 1. The minimum Gasteiger partial charge on any atom is -0.497 e. The Morgan fingerprint density at radius 2 is 1.77 bits per heavy atom. The molecule has 6 nitrogen and oxygen atoms in total. The van der Waals surface area contributed by atoms with Crippen LogP contribution in [0.25, 0.3) is 0 Å². The Kier molecular flexibility index (Phi) is 5.11. The monoisotopic (exact) mass is 354 g/mol. The number of ether oxygens (including phenoxy) is 2. The molecule has 0 N–H and O–H groups in total. The average Bonchev–Trinajstić information content (AvgIpc) is 2.69. The summed E-state index contributed by atoms with van der Waals surface area (Å²) in [6.45, 7) is 2.59. The molecular formula is C20H22N2O4. The molecule has 2 aromatic rings. The lowest BCUT2D eigenvalue weighted by Gasteiger charge is -2.39. The van der Waals surface area contributed by atoms with Crippen LogP contribution in [-0.2, 0) is 4.79 Å². The highest BCUT2D eigenvalue weighted by Gasteiger charge is 2.36. The van der Waals surface area contributed by atoms with Crippen LogP contribution in [0, 0.1) is 0 Å². The number of amides is 2. The molecule has 1 aliphatic rings. The van der Waals surface area contributed by atoms with Gasteiger partial charge in [-0.2, -0.15) is 0 Å². The van der Waals surface area contributed by atoms with Gasteiger partial charge in [-0.25, -0.2) is 0 Å². The smallest absolute Gasteiger partial charge is 0.254 e. The summed E-state index contributed by atoms with van der Waals surface area (Å²) >= 11 is 0. The summed E-state index contributed by atoms with van der Waals surface area (Å²) in [6, 6.07) is 13.8. The second-order valence-corrected chi connectivity index (χ2v) is 6.07. The van der Waals surface area contributed by atoms with Crippen LogP contribution in [0.1, 0.15) is 17.3 Å². The van der Waals surface area contributed by atoms with Crippen molar-refractivity contribution in [1.29, 1.82) is 0 Å². The fourth-order valence-corrected chi connectivity index (χ4v) is 3.14. The van der Waals surface area contributed by atoms with Crippen LogP contribution in [0.15, 0.2) is 48.5 Å². The SMILES string of the molecule is COc1ccc(OC)c(N2CCN(C(=O)c3ccccc3)C(C)C2=O)c1. The third-order valence-electron chi connectivity index (χ3n) is 4.61. The third-order valence-corrected chi connectivity index (χ3v) is 4.61. The van der Waals surface area contributed by atoms with Gasteiger partial charge >= 0.3 is 0 Å². The molecule has 6 heteroatoms. The highest BCUT2D eigenvalue weighted by molar-refractivity contribution is 6.04. The molecule has 0 aromatic heterocycles. The number of methoxy groups -OCH3 is 2. The van der Waals surface area contributed by atoms with Gasteiger partial charge < -0.3 is 19.3 Å². The van der Waals surface area contributed by atoms with Crippen LogP contribution >= 0.6 is 0 Å². The molecule has 0 bridgehead atoms. The van der Waals surface area contributed by atoms with Gasteiger partial charge in [-0.3, -0.25) is 9.59 Å². The molecule has 2 aromatic carbocycles. The molecule has 0 aliphatic carbocycles. The van der Waals surface area contributed by atoms with E-state index in [2.05, 4.69) is 0 Å². The predicted molar refractivity (Wildman–Crippen MR) is 98.8 cm³/mol. The maximum atomic E-state index is 13.0. The molecule has 1 fully saturated rings. The summed E-state index contributed by atoms with van der Waals surface area (Å²) in [7, 11) is 3.14. The van der Waals surface area contributed by atoms with Crippen molar-refractivity contribution < 1.29 is 19.1 Å². The van der Waals surface area contributed by atoms with Crippen molar-refractivity contribution in [2.24, 2.45) is 0 Å². The first-order valence-electron chi connectivity index (χ1n) is 8.46. The third kappa shape index (κ3) is 3.22. The molecule has 0 radical (unpaired) electrons. The van der Waals surface area contributed by atoms with Gasteiger partial charge in [-0.1, -0.05) is 18.2 Å². The summed E-state index contributed by atoms with van der Waals surface area (Å²) < 4.78 is 10.7. The molecule has 26 heavy (non-hydrogen) atoms. The maximum Gasteiger partial charge on any atom is 0.254 e. The summed E-state index contributed by atoms with van der Waals surface area (Å²) in [4.78, 5) is 29.0. The number of benzene rings is 2. The molecule has 1 aliphatic heterocycles. The zero-order valence-electron chi connectivity index (χ0n) is 15.1. The zero-order chi connectivity index (χ0) is 18.7. The number of nitrogens with zero attached hydrogens (tertiary/aromatic N) is 2. The molecule has 3 rings (SSSR count). The van der Waals surface area contributed by atoms with Crippen LogP contribution in [0.2, 0.25) is 0 Å². The first kappa shape index (κ1) is 17.8. The van der Waals surface area contributed by atoms with Crippen molar-refractivity contribution in [2.75, 3.05) is 32.2 Å². The van der Waals surface area contributed by atoms with Gasteiger partial charge in [0.2, 0.25) is 5.91 Å². The average molecular weight is 354 g/mol. The Morgan fingerprint density at radius 3 is 2.42 bits per heavy atom. The topological polar surface area (TPSA) is 59.1 Å². The van der Waals surface area contributed by atoms with Crippen molar-refractivity contribution in [3.8, 4) is 11.5 Å². The molecule has 0 spiro atoms. The molecule has 1 saturated heterocycles.